The number of nitrogens with one attached hydrogen (secondary N) is 1. The van der Waals surface area contributed by atoms with E-state index >= 15 is 0 Å². The molecule has 4 nitrogen and oxygen atoms in total. The lowest BCUT2D eigenvalue weighted by Gasteiger charge is -2.24. The third-order valence-electron chi connectivity index (χ3n) is 3.75. The van der Waals surface area contributed by atoms with Crippen molar-refractivity contribution in [3.8, 4) is 0 Å². The fraction of sp³-hybridized carbons (Fsp3) is 0.0588. The molecule has 0 aliphatic carbocycles. The number of benzene rings is 2. The van der Waals surface area contributed by atoms with Gasteiger partial charge in [0.25, 0.3) is 0 Å². The molecule has 2 aromatic carbocycles. The Balaban J connectivity index is 1.81. The van der Waals surface area contributed by atoms with E-state index in [-0.39, 0.29) is 6.04 Å². The normalized spacial score (nSPS) is 16.4. The minimum Gasteiger partial charge on any atom is -0.324 e. The standard InChI is InChI=1S/C17H12BrClN4/c18-13-3-1-2-12(8-13)15-9-16(11-4-6-14(19)7-5-11)23-17(22-15)20-10-21-23/h1-10,16H,(H,20,21,22)/t16-/m1/s1. The van der Waals surface area contributed by atoms with Crippen molar-refractivity contribution in [1.82, 2.24) is 14.8 Å². The second kappa shape index (κ2) is 5.83. The molecule has 0 spiro atoms. The van der Waals surface area contributed by atoms with Gasteiger partial charge in [-0.25, -0.2) is 4.68 Å². The molecular weight excluding hydrogens is 376 g/mol. The van der Waals surface area contributed by atoms with Crippen LogP contribution in [0.2, 0.25) is 5.02 Å². The van der Waals surface area contributed by atoms with Crippen LogP contribution in [0.1, 0.15) is 17.2 Å². The molecule has 4 rings (SSSR count). The van der Waals surface area contributed by atoms with E-state index in [4.69, 9.17) is 11.6 Å². The van der Waals surface area contributed by atoms with Crippen molar-refractivity contribution >= 4 is 39.2 Å². The Bertz CT molecular complexity index is 886. The Kier molecular flexibility index (Phi) is 3.67. The first-order valence-corrected chi connectivity index (χ1v) is 8.27. The molecule has 114 valence electrons. The van der Waals surface area contributed by atoms with Gasteiger partial charge < -0.3 is 5.32 Å². The average molecular weight is 388 g/mol. The topological polar surface area (TPSA) is 42.7 Å². The summed E-state index contributed by atoms with van der Waals surface area (Å²) in [4.78, 5) is 4.31. The van der Waals surface area contributed by atoms with E-state index in [1.807, 2.05) is 41.1 Å². The minimum absolute atomic E-state index is 0.0278. The van der Waals surface area contributed by atoms with Crippen LogP contribution in [-0.2, 0) is 0 Å². The van der Waals surface area contributed by atoms with Gasteiger partial charge in [0.05, 0.1) is 0 Å². The van der Waals surface area contributed by atoms with Crippen LogP contribution in [0.4, 0.5) is 5.95 Å². The van der Waals surface area contributed by atoms with Crippen LogP contribution >= 0.6 is 27.5 Å². The van der Waals surface area contributed by atoms with E-state index in [0.717, 1.165) is 32.3 Å². The van der Waals surface area contributed by atoms with Crippen LogP contribution < -0.4 is 5.32 Å². The molecule has 0 amide bonds. The first-order valence-electron chi connectivity index (χ1n) is 7.10. The lowest BCUT2D eigenvalue weighted by atomic mass is 10.0. The molecule has 0 bridgehead atoms. The Hall–Kier alpha value is -2.11. The van der Waals surface area contributed by atoms with Crippen molar-refractivity contribution < 1.29 is 0 Å². The molecule has 3 aromatic rings. The van der Waals surface area contributed by atoms with Gasteiger partial charge in [-0.3, -0.25) is 0 Å². The predicted molar refractivity (Wildman–Crippen MR) is 95.4 cm³/mol. The Labute approximate surface area is 146 Å². The summed E-state index contributed by atoms with van der Waals surface area (Å²) in [5, 5.41) is 8.39. The Morgan fingerprint density at radius 3 is 2.74 bits per heavy atom. The Morgan fingerprint density at radius 2 is 1.96 bits per heavy atom. The van der Waals surface area contributed by atoms with Gasteiger partial charge in [0.1, 0.15) is 12.4 Å². The average Bonchev–Trinajstić information content (AvgIpc) is 3.03. The summed E-state index contributed by atoms with van der Waals surface area (Å²) in [6.07, 6.45) is 3.70. The molecule has 6 heteroatoms. The molecule has 1 N–H and O–H groups in total. The molecule has 0 radical (unpaired) electrons. The maximum absolute atomic E-state index is 6.00. The summed E-state index contributed by atoms with van der Waals surface area (Å²) in [6, 6.07) is 15.9. The van der Waals surface area contributed by atoms with Gasteiger partial charge >= 0.3 is 0 Å². The molecule has 0 fully saturated rings. The highest BCUT2D eigenvalue weighted by molar-refractivity contribution is 9.10. The largest absolute Gasteiger partial charge is 0.324 e. The number of rotatable bonds is 2. The third-order valence-corrected chi connectivity index (χ3v) is 4.50. The molecular formula is C17H12BrClN4. The maximum Gasteiger partial charge on any atom is 0.226 e. The fourth-order valence-corrected chi connectivity index (χ4v) is 3.18. The molecule has 0 saturated carbocycles. The van der Waals surface area contributed by atoms with Crippen LogP contribution in [-0.4, -0.2) is 14.8 Å². The second-order valence-corrected chi connectivity index (χ2v) is 6.59. The van der Waals surface area contributed by atoms with Crippen molar-refractivity contribution in [2.45, 2.75) is 6.04 Å². The Morgan fingerprint density at radius 1 is 1.13 bits per heavy atom. The highest BCUT2D eigenvalue weighted by Crippen LogP contribution is 2.32. The summed E-state index contributed by atoms with van der Waals surface area (Å²) in [7, 11) is 0. The zero-order chi connectivity index (χ0) is 15.8. The van der Waals surface area contributed by atoms with Gasteiger partial charge in [-0.15, -0.1) is 0 Å². The van der Waals surface area contributed by atoms with E-state index in [9.17, 15) is 0 Å². The highest BCUT2D eigenvalue weighted by atomic mass is 79.9. The maximum atomic E-state index is 6.00. The van der Waals surface area contributed by atoms with Gasteiger partial charge in [-0.1, -0.05) is 51.8 Å². The first kappa shape index (κ1) is 14.5. The van der Waals surface area contributed by atoms with Crippen molar-refractivity contribution in [3.63, 3.8) is 0 Å². The second-order valence-electron chi connectivity index (χ2n) is 5.24. The fourth-order valence-electron chi connectivity index (χ4n) is 2.66. The van der Waals surface area contributed by atoms with Gasteiger partial charge in [-0.05, 0) is 41.5 Å². The van der Waals surface area contributed by atoms with Crippen molar-refractivity contribution in [2.75, 3.05) is 5.32 Å². The molecule has 1 atom stereocenters. The van der Waals surface area contributed by atoms with E-state index in [1.165, 1.54) is 0 Å². The molecule has 0 unspecified atom stereocenters. The van der Waals surface area contributed by atoms with E-state index < -0.39 is 0 Å². The van der Waals surface area contributed by atoms with Crippen molar-refractivity contribution in [2.24, 2.45) is 0 Å². The summed E-state index contributed by atoms with van der Waals surface area (Å²) in [6.45, 7) is 0. The van der Waals surface area contributed by atoms with Crippen LogP contribution in [0.3, 0.4) is 0 Å². The molecule has 2 heterocycles. The summed E-state index contributed by atoms with van der Waals surface area (Å²) in [5.74, 6) is 0.724. The number of anilines is 1. The van der Waals surface area contributed by atoms with Crippen molar-refractivity contribution in [3.05, 3.63) is 81.6 Å². The number of aromatic nitrogens is 3. The predicted octanol–water partition coefficient (Wildman–Crippen LogP) is 4.75. The number of allylic oxidation sites excluding steroid dienone is 1. The molecule has 1 aliphatic heterocycles. The number of hydrogen-bond donors (Lipinski definition) is 1. The number of hydrogen-bond acceptors (Lipinski definition) is 3. The number of nitrogens with zero attached hydrogens (tertiary/aromatic N) is 3. The quantitative estimate of drug-likeness (QED) is 0.690. The molecule has 0 saturated heterocycles. The number of fused-ring (bicyclic) bond motifs is 1. The van der Waals surface area contributed by atoms with Crippen LogP contribution in [0, 0.1) is 0 Å². The highest BCUT2D eigenvalue weighted by Gasteiger charge is 2.23. The van der Waals surface area contributed by atoms with E-state index in [1.54, 1.807) is 6.33 Å². The lowest BCUT2D eigenvalue weighted by Crippen LogP contribution is -2.20. The van der Waals surface area contributed by atoms with Gasteiger partial charge in [-0.2, -0.15) is 10.1 Å². The van der Waals surface area contributed by atoms with Crippen LogP contribution in [0.25, 0.3) is 5.70 Å². The molecule has 1 aliphatic rings. The zero-order valence-electron chi connectivity index (χ0n) is 11.9. The zero-order valence-corrected chi connectivity index (χ0v) is 14.3. The summed E-state index contributed by atoms with van der Waals surface area (Å²) in [5.41, 5.74) is 3.20. The smallest absolute Gasteiger partial charge is 0.226 e. The third kappa shape index (κ3) is 2.78. The van der Waals surface area contributed by atoms with Crippen molar-refractivity contribution in [1.29, 1.82) is 0 Å². The minimum atomic E-state index is -0.0278. The van der Waals surface area contributed by atoms with Crippen LogP contribution in [0.15, 0.2) is 65.4 Å². The monoisotopic (exact) mass is 386 g/mol. The summed E-state index contributed by atoms with van der Waals surface area (Å²) >= 11 is 9.52. The lowest BCUT2D eigenvalue weighted by molar-refractivity contribution is 0.612. The molecule has 1 aromatic heterocycles. The number of halogens is 2. The van der Waals surface area contributed by atoms with E-state index in [2.05, 4.69) is 49.5 Å². The SMILES string of the molecule is Clc1ccc([C@H]2C=C(c3cccc(Br)c3)Nc3ncnn32)cc1. The summed E-state index contributed by atoms with van der Waals surface area (Å²) < 4.78 is 2.90. The van der Waals surface area contributed by atoms with Gasteiger partial charge in [0.2, 0.25) is 5.95 Å². The molecule has 23 heavy (non-hydrogen) atoms. The van der Waals surface area contributed by atoms with Crippen LogP contribution in [0.5, 0.6) is 0 Å². The van der Waals surface area contributed by atoms with E-state index in [0.29, 0.717) is 0 Å². The van der Waals surface area contributed by atoms with Gasteiger partial charge in [0, 0.05) is 15.2 Å². The first-order chi connectivity index (χ1) is 11.2. The van der Waals surface area contributed by atoms with Gasteiger partial charge in [0.15, 0.2) is 0 Å².